The highest BCUT2D eigenvalue weighted by Crippen LogP contribution is 2.33. The second kappa shape index (κ2) is 3.67. The fourth-order valence-electron chi connectivity index (χ4n) is 0.721. The molecule has 70 valence electrons. The third-order valence-electron chi connectivity index (χ3n) is 1.27. The van der Waals surface area contributed by atoms with Gasteiger partial charge in [0, 0.05) is 0 Å². The largest absolute Gasteiger partial charge is 0.342 e. The van der Waals surface area contributed by atoms with Crippen molar-refractivity contribution < 1.29 is 13.7 Å². The summed E-state index contributed by atoms with van der Waals surface area (Å²) in [5.41, 5.74) is -1.17. The van der Waals surface area contributed by atoms with Crippen LogP contribution < -0.4 is 0 Å². The Morgan fingerprint density at radius 3 is 1.92 bits per heavy atom. The molecule has 0 N–H and O–H groups in total. The van der Waals surface area contributed by atoms with Crippen molar-refractivity contribution in [3.63, 3.8) is 0 Å². The molecule has 0 spiro atoms. The lowest BCUT2D eigenvalue weighted by atomic mass is 10.3. The van der Waals surface area contributed by atoms with Crippen molar-refractivity contribution in [1.29, 1.82) is 0 Å². The van der Waals surface area contributed by atoms with Crippen LogP contribution in [0.15, 0.2) is 15.0 Å². The molecule has 7 heteroatoms. The molecule has 0 bridgehead atoms. The second-order valence-corrected chi connectivity index (χ2v) is 3.78. The smallest absolute Gasteiger partial charge is 0.258 e. The Hall–Kier alpha value is -0.560. The molecular weight excluding hydrogens is 316 g/mol. The van der Waals surface area contributed by atoms with Crippen LogP contribution in [0.25, 0.3) is 0 Å². The molecule has 0 aliphatic heterocycles. The topological polar surface area (TPSA) is 43.1 Å². The summed E-state index contributed by atoms with van der Waals surface area (Å²) in [4.78, 5) is 9.12. The second-order valence-electron chi connectivity index (χ2n) is 2.07. The maximum Gasteiger partial charge on any atom is 0.342 e. The maximum absolute atomic E-state index is 12.9. The molecule has 0 aromatic heterocycles. The van der Waals surface area contributed by atoms with Crippen molar-refractivity contribution in [2.75, 3.05) is 0 Å². The van der Waals surface area contributed by atoms with Crippen LogP contribution in [0, 0.1) is 21.7 Å². The molecule has 0 amide bonds. The van der Waals surface area contributed by atoms with Gasteiger partial charge in [0.05, 0.1) is 13.9 Å². The van der Waals surface area contributed by atoms with Crippen molar-refractivity contribution in [3.05, 3.63) is 36.8 Å². The normalized spacial score (nSPS) is 10.2. The number of hydrogen-bond donors (Lipinski definition) is 0. The minimum atomic E-state index is -1.22. The zero-order chi connectivity index (χ0) is 10.2. The lowest BCUT2D eigenvalue weighted by Gasteiger charge is -1.99. The van der Waals surface area contributed by atoms with E-state index >= 15 is 0 Å². The molecule has 0 unspecified atom stereocenters. The van der Waals surface area contributed by atoms with E-state index in [9.17, 15) is 18.9 Å². The van der Waals surface area contributed by atoms with Gasteiger partial charge in [-0.3, -0.25) is 10.1 Å². The van der Waals surface area contributed by atoms with Crippen LogP contribution in [-0.4, -0.2) is 4.92 Å². The van der Waals surface area contributed by atoms with Gasteiger partial charge in [-0.1, -0.05) is 0 Å². The van der Waals surface area contributed by atoms with E-state index in [2.05, 4.69) is 31.9 Å². The van der Waals surface area contributed by atoms with E-state index in [0.717, 1.165) is 6.07 Å². The molecule has 3 nitrogen and oxygen atoms in total. The molecule has 0 heterocycles. The van der Waals surface area contributed by atoms with Crippen molar-refractivity contribution >= 4 is 37.5 Å². The first kappa shape index (κ1) is 10.5. The number of rotatable bonds is 1. The number of halogens is 4. The number of hydrogen-bond acceptors (Lipinski definition) is 2. The fourth-order valence-corrected chi connectivity index (χ4v) is 1.86. The van der Waals surface area contributed by atoms with Gasteiger partial charge in [-0.2, -0.15) is 8.78 Å². The van der Waals surface area contributed by atoms with Gasteiger partial charge < -0.3 is 0 Å². The Kier molecular flexibility index (Phi) is 2.97. The third-order valence-corrected chi connectivity index (χ3v) is 2.43. The van der Waals surface area contributed by atoms with E-state index in [1.165, 1.54) is 0 Å². The molecule has 1 rings (SSSR count). The number of nitro groups is 1. The summed E-state index contributed by atoms with van der Waals surface area (Å²) in [6, 6.07) is 1.07. The fraction of sp³-hybridized carbons (Fsp3) is 0. The minimum Gasteiger partial charge on any atom is -0.258 e. The summed E-state index contributed by atoms with van der Waals surface area (Å²) < 4.78 is 25.6. The monoisotopic (exact) mass is 315 g/mol. The van der Waals surface area contributed by atoms with Crippen LogP contribution in [0.3, 0.4) is 0 Å². The van der Waals surface area contributed by atoms with Gasteiger partial charge in [0.15, 0.2) is 0 Å². The molecule has 0 atom stereocenters. The van der Waals surface area contributed by atoms with E-state index in [0.29, 0.717) is 0 Å². The number of nitro benzene ring substituents is 1. The Bertz CT molecular complexity index is 357. The zero-order valence-electron chi connectivity index (χ0n) is 5.85. The summed E-state index contributed by atoms with van der Waals surface area (Å²) in [7, 11) is 0. The van der Waals surface area contributed by atoms with Crippen LogP contribution in [0.4, 0.5) is 14.5 Å². The van der Waals surface area contributed by atoms with Gasteiger partial charge in [0.2, 0.25) is 11.6 Å². The summed E-state index contributed by atoms with van der Waals surface area (Å²) >= 11 is 5.45. The molecule has 1 aromatic carbocycles. The number of nitrogens with zero attached hydrogens (tertiary/aromatic N) is 1. The Morgan fingerprint density at radius 1 is 1.23 bits per heavy atom. The minimum absolute atomic E-state index is 0.160. The first-order chi connectivity index (χ1) is 5.95. The van der Waals surface area contributed by atoms with E-state index in [-0.39, 0.29) is 8.95 Å². The summed E-state index contributed by atoms with van der Waals surface area (Å²) in [6.07, 6.45) is 0. The van der Waals surface area contributed by atoms with Crippen LogP contribution in [0.5, 0.6) is 0 Å². The molecule has 0 radical (unpaired) electrons. The van der Waals surface area contributed by atoms with E-state index in [1.54, 1.807) is 0 Å². The molecule has 0 saturated heterocycles. The first-order valence-electron chi connectivity index (χ1n) is 2.92. The first-order valence-corrected chi connectivity index (χ1v) is 4.51. The number of benzene rings is 1. The average Bonchev–Trinajstić information content (AvgIpc) is 2.01. The predicted molar refractivity (Wildman–Crippen MR) is 48.4 cm³/mol. The summed E-state index contributed by atoms with van der Waals surface area (Å²) in [5, 5.41) is 10.2. The van der Waals surface area contributed by atoms with Gasteiger partial charge in [-0.25, -0.2) is 0 Å². The standard InChI is InChI=1S/C6HBr2F2NO2/c7-2-1-3(8)5(10)6(4(2)9)11(12)13/h1H. The molecule has 1 aromatic rings. The van der Waals surface area contributed by atoms with E-state index < -0.39 is 22.2 Å². The third kappa shape index (κ3) is 1.86. The highest BCUT2D eigenvalue weighted by Gasteiger charge is 2.25. The van der Waals surface area contributed by atoms with Gasteiger partial charge in [0.1, 0.15) is 0 Å². The van der Waals surface area contributed by atoms with Gasteiger partial charge in [-0.15, -0.1) is 0 Å². The lowest BCUT2D eigenvalue weighted by molar-refractivity contribution is -0.390. The maximum atomic E-state index is 12.9. The van der Waals surface area contributed by atoms with E-state index in [4.69, 9.17) is 0 Å². The van der Waals surface area contributed by atoms with E-state index in [1.807, 2.05) is 0 Å². The summed E-state index contributed by atoms with van der Waals surface area (Å²) in [6.45, 7) is 0. The summed E-state index contributed by atoms with van der Waals surface area (Å²) in [5.74, 6) is -2.43. The van der Waals surface area contributed by atoms with Crippen LogP contribution in [0.2, 0.25) is 0 Å². The van der Waals surface area contributed by atoms with Crippen molar-refractivity contribution in [1.82, 2.24) is 0 Å². The zero-order valence-corrected chi connectivity index (χ0v) is 9.02. The molecule has 0 aliphatic carbocycles. The van der Waals surface area contributed by atoms with Crippen molar-refractivity contribution in [2.45, 2.75) is 0 Å². The SMILES string of the molecule is O=[N+]([O-])c1c(F)c(Br)cc(Br)c1F. The van der Waals surface area contributed by atoms with Crippen LogP contribution >= 0.6 is 31.9 Å². The molecule has 0 aliphatic rings. The molecule has 13 heavy (non-hydrogen) atoms. The average molecular weight is 317 g/mol. The predicted octanol–water partition coefficient (Wildman–Crippen LogP) is 3.40. The van der Waals surface area contributed by atoms with Gasteiger partial charge >= 0.3 is 5.69 Å². The van der Waals surface area contributed by atoms with Gasteiger partial charge in [-0.05, 0) is 37.9 Å². The quantitative estimate of drug-likeness (QED) is 0.453. The van der Waals surface area contributed by atoms with Crippen LogP contribution in [0.1, 0.15) is 0 Å². The highest BCUT2D eigenvalue weighted by atomic mass is 79.9. The molecule has 0 saturated carbocycles. The highest BCUT2D eigenvalue weighted by molar-refractivity contribution is 9.11. The van der Waals surface area contributed by atoms with Crippen LogP contribution in [-0.2, 0) is 0 Å². The van der Waals surface area contributed by atoms with Crippen molar-refractivity contribution in [3.8, 4) is 0 Å². The van der Waals surface area contributed by atoms with Gasteiger partial charge in [0.25, 0.3) is 0 Å². The van der Waals surface area contributed by atoms with Crippen molar-refractivity contribution in [2.24, 2.45) is 0 Å². The Morgan fingerprint density at radius 2 is 1.62 bits per heavy atom. The Balaban J connectivity index is 3.56. The Labute approximate surface area is 88.2 Å². The molecule has 0 fully saturated rings. The molecular formula is C6HBr2F2NO2. The lowest BCUT2D eigenvalue weighted by Crippen LogP contribution is -1.98.